The van der Waals surface area contributed by atoms with Gasteiger partial charge in [0.25, 0.3) is 5.91 Å². The van der Waals surface area contributed by atoms with Crippen molar-refractivity contribution in [3.05, 3.63) is 17.5 Å². The fourth-order valence-corrected chi connectivity index (χ4v) is 0.990. The van der Waals surface area contributed by atoms with E-state index in [0.29, 0.717) is 0 Å². The highest BCUT2D eigenvalue weighted by molar-refractivity contribution is 6.28. The Labute approximate surface area is 99.0 Å². The normalized spacial score (nSPS) is 11.3. The third-order valence-corrected chi connectivity index (χ3v) is 1.57. The second-order valence-corrected chi connectivity index (χ2v) is 3.21. The lowest BCUT2D eigenvalue weighted by atomic mass is 10.5. The van der Waals surface area contributed by atoms with Crippen LogP contribution in [0.2, 0.25) is 5.28 Å². The highest BCUT2D eigenvalue weighted by atomic mass is 35.5. The van der Waals surface area contributed by atoms with Crippen molar-refractivity contribution < 1.29 is 22.7 Å². The van der Waals surface area contributed by atoms with E-state index in [1.54, 1.807) is 0 Å². The lowest BCUT2D eigenvalue weighted by molar-refractivity contribution is -0.174. The number of rotatable bonds is 4. The van der Waals surface area contributed by atoms with E-state index in [0.717, 1.165) is 0 Å². The van der Waals surface area contributed by atoms with Crippen molar-refractivity contribution in [1.29, 1.82) is 0 Å². The van der Waals surface area contributed by atoms with Crippen molar-refractivity contribution in [1.82, 2.24) is 9.97 Å². The summed E-state index contributed by atoms with van der Waals surface area (Å²) in [4.78, 5) is 18.3. The molecule has 0 fully saturated rings. The molecular formula is C8H7ClF3N3O2. The summed E-state index contributed by atoms with van der Waals surface area (Å²) in [5.74, 6) is -0.672. The zero-order valence-electron chi connectivity index (χ0n) is 8.29. The van der Waals surface area contributed by atoms with Crippen molar-refractivity contribution in [2.45, 2.75) is 6.18 Å². The standard InChI is InChI=1S/C8H7ClF3N3O2/c9-7-13-2-1-5(15-7)14-6(16)3-17-4-8(10,11)12/h1-2H,3-4H2,(H,13,14,15,16). The van der Waals surface area contributed by atoms with Crippen LogP contribution < -0.4 is 5.32 Å². The van der Waals surface area contributed by atoms with Crippen molar-refractivity contribution in [3.8, 4) is 0 Å². The number of nitrogens with zero attached hydrogens (tertiary/aromatic N) is 2. The van der Waals surface area contributed by atoms with Crippen LogP contribution in [0.5, 0.6) is 0 Å². The number of halogens is 4. The molecule has 0 spiro atoms. The van der Waals surface area contributed by atoms with Crippen LogP contribution in [0.1, 0.15) is 0 Å². The van der Waals surface area contributed by atoms with E-state index in [-0.39, 0.29) is 11.1 Å². The van der Waals surface area contributed by atoms with E-state index in [1.165, 1.54) is 12.3 Å². The number of hydrogen-bond donors (Lipinski definition) is 1. The molecule has 0 saturated heterocycles. The van der Waals surface area contributed by atoms with Crippen molar-refractivity contribution in [3.63, 3.8) is 0 Å². The van der Waals surface area contributed by atoms with Crippen LogP contribution in [0.25, 0.3) is 0 Å². The van der Waals surface area contributed by atoms with Gasteiger partial charge in [-0.2, -0.15) is 13.2 Å². The first-order valence-electron chi connectivity index (χ1n) is 4.30. The molecule has 0 aliphatic carbocycles. The molecule has 1 amide bonds. The minimum atomic E-state index is -4.46. The number of amides is 1. The zero-order chi connectivity index (χ0) is 12.9. The number of alkyl halides is 3. The van der Waals surface area contributed by atoms with Crippen LogP contribution in [0.15, 0.2) is 12.3 Å². The Morgan fingerprint density at radius 3 is 2.82 bits per heavy atom. The molecule has 17 heavy (non-hydrogen) atoms. The second-order valence-electron chi connectivity index (χ2n) is 2.87. The third kappa shape index (κ3) is 6.03. The Kier molecular flexibility index (Phi) is 4.64. The van der Waals surface area contributed by atoms with E-state index in [9.17, 15) is 18.0 Å². The average Bonchev–Trinajstić information content (AvgIpc) is 2.15. The summed E-state index contributed by atoms with van der Waals surface area (Å²) in [6.45, 7) is -2.20. The summed E-state index contributed by atoms with van der Waals surface area (Å²) in [7, 11) is 0. The van der Waals surface area contributed by atoms with Gasteiger partial charge >= 0.3 is 6.18 Å². The van der Waals surface area contributed by atoms with Gasteiger partial charge in [-0.05, 0) is 17.7 Å². The predicted molar refractivity (Wildman–Crippen MR) is 52.5 cm³/mol. The summed E-state index contributed by atoms with van der Waals surface area (Å²) >= 11 is 5.44. The third-order valence-electron chi connectivity index (χ3n) is 1.39. The van der Waals surface area contributed by atoms with Gasteiger partial charge in [0.2, 0.25) is 5.28 Å². The Morgan fingerprint density at radius 1 is 1.53 bits per heavy atom. The molecule has 1 aromatic heterocycles. The largest absolute Gasteiger partial charge is 0.411 e. The minimum absolute atomic E-state index is 0.0843. The Bertz CT molecular complexity index is 400. The lowest BCUT2D eigenvalue weighted by Crippen LogP contribution is -2.24. The summed E-state index contributed by atoms with van der Waals surface area (Å²) in [6, 6.07) is 1.34. The van der Waals surface area contributed by atoms with Crippen LogP contribution in [0, 0.1) is 0 Å². The summed E-state index contributed by atoms with van der Waals surface area (Å²) in [6.07, 6.45) is -3.17. The van der Waals surface area contributed by atoms with E-state index in [4.69, 9.17) is 11.6 Å². The van der Waals surface area contributed by atoms with Crippen molar-refractivity contribution >= 4 is 23.3 Å². The van der Waals surface area contributed by atoms with Crippen LogP contribution in [-0.2, 0) is 9.53 Å². The zero-order valence-corrected chi connectivity index (χ0v) is 9.05. The molecule has 1 heterocycles. The fourth-order valence-electron chi connectivity index (χ4n) is 0.843. The van der Waals surface area contributed by atoms with E-state index in [1.807, 2.05) is 0 Å². The van der Waals surface area contributed by atoms with E-state index in [2.05, 4.69) is 20.0 Å². The summed E-state index contributed by atoms with van der Waals surface area (Å²) in [5, 5.41) is 2.12. The van der Waals surface area contributed by atoms with Gasteiger partial charge in [0.05, 0.1) is 0 Å². The molecule has 0 atom stereocenters. The van der Waals surface area contributed by atoms with Crippen molar-refractivity contribution in [2.75, 3.05) is 18.5 Å². The molecule has 0 aliphatic rings. The van der Waals surface area contributed by atoms with Gasteiger partial charge in [-0.15, -0.1) is 0 Å². The minimum Gasteiger partial charge on any atom is -0.362 e. The maximum atomic E-state index is 11.7. The molecule has 1 rings (SSSR count). The topological polar surface area (TPSA) is 64.1 Å². The molecule has 0 aromatic carbocycles. The smallest absolute Gasteiger partial charge is 0.362 e. The molecule has 0 radical (unpaired) electrons. The van der Waals surface area contributed by atoms with Crippen LogP contribution in [0.4, 0.5) is 19.0 Å². The van der Waals surface area contributed by atoms with Crippen LogP contribution in [0.3, 0.4) is 0 Å². The average molecular weight is 270 g/mol. The number of aromatic nitrogens is 2. The molecule has 5 nitrogen and oxygen atoms in total. The van der Waals surface area contributed by atoms with Crippen LogP contribution >= 0.6 is 11.6 Å². The van der Waals surface area contributed by atoms with Crippen LogP contribution in [-0.4, -0.2) is 35.3 Å². The van der Waals surface area contributed by atoms with Gasteiger partial charge in [0.1, 0.15) is 19.0 Å². The number of hydrogen-bond acceptors (Lipinski definition) is 4. The Morgan fingerprint density at radius 2 is 2.24 bits per heavy atom. The predicted octanol–water partition coefficient (Wildman–Crippen LogP) is 1.65. The Hall–Kier alpha value is -1.41. The first-order chi connectivity index (χ1) is 7.87. The van der Waals surface area contributed by atoms with Gasteiger partial charge in [0, 0.05) is 6.20 Å². The number of carbonyl (C=O) groups is 1. The summed E-state index contributed by atoms with van der Waals surface area (Å²) in [5.41, 5.74) is 0. The maximum Gasteiger partial charge on any atom is 0.411 e. The van der Waals surface area contributed by atoms with E-state index < -0.39 is 25.3 Å². The number of anilines is 1. The molecule has 0 aliphatic heterocycles. The molecular weight excluding hydrogens is 263 g/mol. The fraction of sp³-hybridized carbons (Fsp3) is 0.375. The van der Waals surface area contributed by atoms with Gasteiger partial charge in [-0.1, -0.05) is 0 Å². The molecule has 9 heteroatoms. The van der Waals surface area contributed by atoms with Crippen molar-refractivity contribution in [2.24, 2.45) is 0 Å². The number of ether oxygens (including phenoxy) is 1. The van der Waals surface area contributed by atoms with Gasteiger partial charge in [-0.25, -0.2) is 9.97 Å². The molecule has 94 valence electrons. The highest BCUT2D eigenvalue weighted by Crippen LogP contribution is 2.14. The second kappa shape index (κ2) is 5.78. The molecule has 0 bridgehead atoms. The monoisotopic (exact) mass is 269 g/mol. The highest BCUT2D eigenvalue weighted by Gasteiger charge is 2.27. The molecule has 0 saturated carbocycles. The van der Waals surface area contributed by atoms with Gasteiger partial charge < -0.3 is 10.1 Å². The number of nitrogens with one attached hydrogen (secondary N) is 1. The molecule has 1 aromatic rings. The SMILES string of the molecule is O=C(COCC(F)(F)F)Nc1ccnc(Cl)n1. The van der Waals surface area contributed by atoms with Gasteiger partial charge in [0.15, 0.2) is 0 Å². The maximum absolute atomic E-state index is 11.7. The quantitative estimate of drug-likeness (QED) is 0.844. The molecule has 1 N–H and O–H groups in total. The van der Waals surface area contributed by atoms with Gasteiger partial charge in [-0.3, -0.25) is 4.79 Å². The first kappa shape index (κ1) is 13.7. The molecule has 0 unspecified atom stereocenters. The Balaban J connectivity index is 2.35. The first-order valence-corrected chi connectivity index (χ1v) is 4.67. The lowest BCUT2D eigenvalue weighted by Gasteiger charge is -2.07. The summed E-state index contributed by atoms with van der Waals surface area (Å²) < 4.78 is 39.2. The number of carbonyl (C=O) groups excluding carboxylic acids is 1. The van der Waals surface area contributed by atoms with E-state index >= 15 is 0 Å².